The van der Waals surface area contributed by atoms with Crippen molar-refractivity contribution in [1.29, 1.82) is 0 Å². The molecule has 0 saturated carbocycles. The first-order chi connectivity index (χ1) is 13.7. The fourth-order valence-corrected chi connectivity index (χ4v) is 4.27. The van der Waals surface area contributed by atoms with Gasteiger partial charge in [0.1, 0.15) is 5.75 Å². The minimum absolute atomic E-state index is 0.0362. The van der Waals surface area contributed by atoms with E-state index < -0.39 is 18.2 Å². The molecule has 0 bridgehead atoms. The number of ether oxygens (including phenoxy) is 1. The topological polar surface area (TPSA) is 67.4 Å². The molecular formula is C20H21F3N4O2. The lowest BCUT2D eigenvalue weighted by molar-refractivity contribution is -0.274. The predicted molar refractivity (Wildman–Crippen MR) is 99.9 cm³/mol. The van der Waals surface area contributed by atoms with Crippen molar-refractivity contribution in [3.8, 4) is 5.75 Å². The smallest absolute Gasteiger partial charge is 0.405 e. The SMILES string of the molecule is Cc1cc(C)nc(N2CC3CNC(C(=O)c4ccccc4OC(F)(F)F)C3C2)n1. The number of aromatic nitrogens is 2. The van der Waals surface area contributed by atoms with E-state index in [4.69, 9.17) is 0 Å². The zero-order valence-corrected chi connectivity index (χ0v) is 16.0. The number of hydrogen-bond acceptors (Lipinski definition) is 6. The summed E-state index contributed by atoms with van der Waals surface area (Å²) < 4.78 is 42.2. The largest absolute Gasteiger partial charge is 0.573 e. The van der Waals surface area contributed by atoms with E-state index in [-0.39, 0.29) is 23.2 Å². The van der Waals surface area contributed by atoms with Gasteiger partial charge in [0, 0.05) is 36.9 Å². The summed E-state index contributed by atoms with van der Waals surface area (Å²) in [5, 5.41) is 3.19. The number of para-hydroxylation sites is 1. The van der Waals surface area contributed by atoms with Gasteiger partial charge >= 0.3 is 6.36 Å². The van der Waals surface area contributed by atoms with Crippen LogP contribution in [0.3, 0.4) is 0 Å². The van der Waals surface area contributed by atoms with Crippen molar-refractivity contribution < 1.29 is 22.7 Å². The maximum Gasteiger partial charge on any atom is 0.573 e. The first-order valence-electron chi connectivity index (χ1n) is 9.41. The van der Waals surface area contributed by atoms with Gasteiger partial charge in [0.25, 0.3) is 0 Å². The van der Waals surface area contributed by atoms with Crippen LogP contribution in [-0.2, 0) is 0 Å². The number of nitrogens with zero attached hydrogens (tertiary/aromatic N) is 3. The maximum atomic E-state index is 13.1. The lowest BCUT2D eigenvalue weighted by Crippen LogP contribution is -2.39. The van der Waals surface area contributed by atoms with Gasteiger partial charge in [-0.25, -0.2) is 9.97 Å². The second-order valence-corrected chi connectivity index (χ2v) is 7.57. The number of fused-ring (bicyclic) bond motifs is 1. The minimum Gasteiger partial charge on any atom is -0.405 e. The van der Waals surface area contributed by atoms with Crippen molar-refractivity contribution in [2.75, 3.05) is 24.5 Å². The number of benzene rings is 1. The number of aryl methyl sites for hydroxylation is 2. The van der Waals surface area contributed by atoms with Crippen LogP contribution in [0.25, 0.3) is 0 Å². The zero-order valence-electron chi connectivity index (χ0n) is 16.0. The molecule has 1 N–H and O–H groups in total. The Hall–Kier alpha value is -2.68. The van der Waals surface area contributed by atoms with Crippen molar-refractivity contribution in [2.45, 2.75) is 26.3 Å². The van der Waals surface area contributed by atoms with Crippen LogP contribution < -0.4 is 15.0 Å². The van der Waals surface area contributed by atoms with Gasteiger partial charge in [0.05, 0.1) is 11.6 Å². The highest BCUT2D eigenvalue weighted by molar-refractivity contribution is 6.03. The van der Waals surface area contributed by atoms with Crippen LogP contribution in [0.15, 0.2) is 30.3 Å². The Morgan fingerprint density at radius 2 is 1.86 bits per heavy atom. The fourth-order valence-electron chi connectivity index (χ4n) is 4.27. The van der Waals surface area contributed by atoms with Crippen molar-refractivity contribution in [2.24, 2.45) is 11.8 Å². The number of nitrogens with one attached hydrogen (secondary N) is 1. The summed E-state index contributed by atoms with van der Waals surface area (Å²) in [4.78, 5) is 24.1. The summed E-state index contributed by atoms with van der Waals surface area (Å²) in [5.41, 5.74) is 1.67. The molecule has 3 heterocycles. The monoisotopic (exact) mass is 406 g/mol. The molecule has 4 rings (SSSR count). The van der Waals surface area contributed by atoms with E-state index >= 15 is 0 Å². The van der Waals surface area contributed by atoms with E-state index in [9.17, 15) is 18.0 Å². The number of carbonyl (C=O) groups excluding carboxylic acids is 1. The fraction of sp³-hybridized carbons (Fsp3) is 0.450. The molecule has 0 amide bonds. The van der Waals surface area contributed by atoms with Crippen LogP contribution >= 0.6 is 0 Å². The summed E-state index contributed by atoms with van der Waals surface area (Å²) in [6, 6.07) is 6.81. The van der Waals surface area contributed by atoms with E-state index in [2.05, 4.69) is 24.9 Å². The van der Waals surface area contributed by atoms with Gasteiger partial charge in [-0.1, -0.05) is 12.1 Å². The molecule has 2 saturated heterocycles. The van der Waals surface area contributed by atoms with Gasteiger partial charge in [0.15, 0.2) is 5.78 Å². The number of Topliss-reactive ketones (excluding diaryl/α,β-unsaturated/α-hetero) is 1. The second-order valence-electron chi connectivity index (χ2n) is 7.57. The van der Waals surface area contributed by atoms with Crippen LogP contribution in [-0.4, -0.2) is 47.8 Å². The number of ketones is 1. The molecule has 2 aliphatic heterocycles. The molecule has 2 fully saturated rings. The van der Waals surface area contributed by atoms with Gasteiger partial charge in [-0.3, -0.25) is 4.79 Å². The Morgan fingerprint density at radius 3 is 2.55 bits per heavy atom. The number of halogens is 3. The number of anilines is 1. The molecular weight excluding hydrogens is 385 g/mol. The standard InChI is InChI=1S/C20H21F3N4O2/c1-11-7-12(2)26-19(25-11)27-9-13-8-24-17(15(13)10-27)18(28)14-5-3-4-6-16(14)29-20(21,22)23/h3-7,13,15,17,24H,8-10H2,1-2H3. The molecule has 3 atom stereocenters. The van der Waals surface area contributed by atoms with Gasteiger partial charge in [-0.15, -0.1) is 13.2 Å². The van der Waals surface area contributed by atoms with E-state index in [1.54, 1.807) is 0 Å². The van der Waals surface area contributed by atoms with Crippen molar-refractivity contribution in [1.82, 2.24) is 15.3 Å². The summed E-state index contributed by atoms with van der Waals surface area (Å²) in [7, 11) is 0. The minimum atomic E-state index is -4.85. The molecule has 0 radical (unpaired) electrons. The lowest BCUT2D eigenvalue weighted by Gasteiger charge is -2.22. The van der Waals surface area contributed by atoms with Crippen LogP contribution in [0.1, 0.15) is 21.7 Å². The third-order valence-electron chi connectivity index (χ3n) is 5.43. The predicted octanol–water partition coefficient (Wildman–Crippen LogP) is 2.90. The average molecular weight is 406 g/mol. The van der Waals surface area contributed by atoms with Gasteiger partial charge in [-0.05, 0) is 38.0 Å². The Labute approximate surface area is 166 Å². The number of alkyl halides is 3. The first-order valence-corrected chi connectivity index (χ1v) is 9.41. The summed E-state index contributed by atoms with van der Waals surface area (Å²) in [6.45, 7) is 5.69. The molecule has 6 nitrogen and oxygen atoms in total. The molecule has 9 heteroatoms. The molecule has 2 aromatic rings. The number of carbonyl (C=O) groups is 1. The lowest BCUT2D eigenvalue weighted by atomic mass is 9.89. The molecule has 3 unspecified atom stereocenters. The van der Waals surface area contributed by atoms with Crippen LogP contribution in [0.5, 0.6) is 5.75 Å². The molecule has 0 spiro atoms. The number of rotatable bonds is 4. The molecule has 154 valence electrons. The van der Waals surface area contributed by atoms with E-state index in [1.165, 1.54) is 18.2 Å². The Morgan fingerprint density at radius 1 is 1.17 bits per heavy atom. The Bertz CT molecular complexity index is 914. The Balaban J connectivity index is 1.55. The highest BCUT2D eigenvalue weighted by atomic mass is 19.4. The normalized spacial score (nSPS) is 23.9. The molecule has 29 heavy (non-hydrogen) atoms. The molecule has 2 aliphatic rings. The maximum absolute atomic E-state index is 13.1. The van der Waals surface area contributed by atoms with Crippen molar-refractivity contribution in [3.63, 3.8) is 0 Å². The van der Waals surface area contributed by atoms with Crippen LogP contribution in [0.2, 0.25) is 0 Å². The second kappa shape index (κ2) is 7.29. The quantitative estimate of drug-likeness (QED) is 0.788. The van der Waals surface area contributed by atoms with Gasteiger partial charge in [-0.2, -0.15) is 0 Å². The molecule has 0 aliphatic carbocycles. The summed E-state index contributed by atoms with van der Waals surface area (Å²) in [5.74, 6) is -0.0675. The van der Waals surface area contributed by atoms with E-state index in [0.717, 1.165) is 17.5 Å². The van der Waals surface area contributed by atoms with Crippen molar-refractivity contribution in [3.05, 3.63) is 47.3 Å². The van der Waals surface area contributed by atoms with Crippen LogP contribution in [0, 0.1) is 25.7 Å². The summed E-state index contributed by atoms with van der Waals surface area (Å²) >= 11 is 0. The van der Waals surface area contributed by atoms with E-state index in [1.807, 2.05) is 19.9 Å². The van der Waals surface area contributed by atoms with Crippen molar-refractivity contribution >= 4 is 11.7 Å². The third-order valence-corrected chi connectivity index (χ3v) is 5.43. The van der Waals surface area contributed by atoms with Gasteiger partial charge in [0.2, 0.25) is 5.95 Å². The zero-order chi connectivity index (χ0) is 20.8. The number of hydrogen-bond donors (Lipinski definition) is 1. The third kappa shape index (κ3) is 4.05. The van der Waals surface area contributed by atoms with E-state index in [0.29, 0.717) is 25.6 Å². The highest BCUT2D eigenvalue weighted by Crippen LogP contribution is 2.36. The summed E-state index contributed by atoms with van der Waals surface area (Å²) in [6.07, 6.45) is -4.85. The van der Waals surface area contributed by atoms with Crippen LogP contribution in [0.4, 0.5) is 19.1 Å². The Kier molecular flexibility index (Phi) is 4.94. The molecule has 1 aromatic carbocycles. The van der Waals surface area contributed by atoms with Gasteiger partial charge < -0.3 is 15.0 Å². The average Bonchev–Trinajstić information content (AvgIpc) is 3.20. The highest BCUT2D eigenvalue weighted by Gasteiger charge is 2.47. The molecule has 1 aromatic heterocycles. The first kappa shape index (κ1) is 19.6.